The largest absolute Gasteiger partial charge is 0.427 e. The van der Waals surface area contributed by atoms with Crippen molar-refractivity contribution in [2.24, 2.45) is 5.92 Å². The molecule has 2 atom stereocenters. The zero-order valence-electron chi connectivity index (χ0n) is 21.4. The number of esters is 1. The van der Waals surface area contributed by atoms with Crippen molar-refractivity contribution in [3.8, 4) is 5.75 Å². The second-order valence-corrected chi connectivity index (χ2v) is 10.8. The van der Waals surface area contributed by atoms with Gasteiger partial charge < -0.3 is 10.1 Å². The molecule has 2 unspecified atom stereocenters. The molecule has 0 bridgehead atoms. The maximum Gasteiger partial charge on any atom is 0.311 e. The highest BCUT2D eigenvalue weighted by Crippen LogP contribution is 2.40. The minimum Gasteiger partial charge on any atom is -0.427 e. The summed E-state index contributed by atoms with van der Waals surface area (Å²) in [5.74, 6) is 1.06. The molecule has 1 N–H and O–H groups in total. The zero-order valence-corrected chi connectivity index (χ0v) is 22.3. The lowest BCUT2D eigenvalue weighted by atomic mass is 9.68. The van der Waals surface area contributed by atoms with Crippen LogP contribution in [0.4, 0.5) is 5.69 Å². The highest BCUT2D eigenvalue weighted by Gasteiger charge is 2.38. The van der Waals surface area contributed by atoms with Gasteiger partial charge in [0.15, 0.2) is 0 Å². The quantitative estimate of drug-likeness (QED) is 0.148. The second-order valence-electron chi connectivity index (χ2n) is 9.88. The van der Waals surface area contributed by atoms with E-state index in [-0.39, 0.29) is 11.4 Å². The highest BCUT2D eigenvalue weighted by atomic mass is 32.2. The van der Waals surface area contributed by atoms with Gasteiger partial charge in [0, 0.05) is 30.1 Å². The number of nitrogens with zero attached hydrogens (tertiary/aromatic N) is 1. The van der Waals surface area contributed by atoms with Gasteiger partial charge in [-0.15, -0.1) is 11.8 Å². The number of carbonyl (C=O) groups excluding carboxylic acids is 1. The molecule has 5 heteroatoms. The van der Waals surface area contributed by atoms with Gasteiger partial charge in [-0.3, -0.25) is 9.69 Å². The first-order valence-electron chi connectivity index (χ1n) is 12.9. The van der Waals surface area contributed by atoms with E-state index in [1.807, 2.05) is 12.1 Å². The fraction of sp³-hybridized carbons (Fsp3) is 0.552. The van der Waals surface area contributed by atoms with Gasteiger partial charge in [-0.25, -0.2) is 0 Å². The second kappa shape index (κ2) is 13.2. The van der Waals surface area contributed by atoms with Crippen LogP contribution in [-0.4, -0.2) is 36.9 Å². The van der Waals surface area contributed by atoms with Gasteiger partial charge in [-0.2, -0.15) is 0 Å². The number of likely N-dealkylation sites (tertiary alicyclic amines) is 1. The summed E-state index contributed by atoms with van der Waals surface area (Å²) in [5, 5.41) is 3.57. The van der Waals surface area contributed by atoms with Crippen LogP contribution in [0.25, 0.3) is 0 Å². The number of ether oxygens (including phenoxy) is 1. The molecular weight excluding hydrogens is 440 g/mol. The standard InChI is InChI=1S/C29H42N2O2S/c1-5-6-7-8-9-13-28(32)33-26-12-10-11-24(20-26)29(3)18-19-31(21-23(29)2)22-30-25-14-16-27(34-4)17-15-25/h10-12,14-17,20,23,30H,5-9,13,18-19,21-22H2,1-4H3. The molecule has 0 amide bonds. The van der Waals surface area contributed by atoms with Crippen LogP contribution in [0.2, 0.25) is 0 Å². The van der Waals surface area contributed by atoms with E-state index in [2.05, 4.69) is 73.6 Å². The summed E-state index contributed by atoms with van der Waals surface area (Å²) in [6, 6.07) is 16.9. The van der Waals surface area contributed by atoms with Gasteiger partial charge in [0.2, 0.25) is 0 Å². The van der Waals surface area contributed by atoms with Crippen LogP contribution in [0.1, 0.15) is 71.3 Å². The summed E-state index contributed by atoms with van der Waals surface area (Å²) >= 11 is 1.77. The normalized spacial score (nSPS) is 20.8. The predicted octanol–water partition coefficient (Wildman–Crippen LogP) is 7.34. The van der Waals surface area contributed by atoms with E-state index in [1.165, 1.54) is 35.4 Å². The number of piperidine rings is 1. The van der Waals surface area contributed by atoms with E-state index in [1.54, 1.807) is 11.8 Å². The van der Waals surface area contributed by atoms with E-state index in [4.69, 9.17) is 4.74 Å². The molecule has 34 heavy (non-hydrogen) atoms. The monoisotopic (exact) mass is 482 g/mol. The Balaban J connectivity index is 1.51. The molecule has 0 saturated carbocycles. The van der Waals surface area contributed by atoms with Crippen LogP contribution in [0.15, 0.2) is 53.4 Å². The molecule has 0 radical (unpaired) electrons. The van der Waals surface area contributed by atoms with Crippen molar-refractivity contribution in [3.05, 3.63) is 54.1 Å². The predicted molar refractivity (Wildman–Crippen MR) is 145 cm³/mol. The molecule has 2 aromatic rings. The minimum absolute atomic E-state index is 0.0685. The molecule has 0 spiro atoms. The average molecular weight is 483 g/mol. The molecule has 0 aliphatic carbocycles. The molecule has 1 aliphatic rings. The fourth-order valence-electron chi connectivity index (χ4n) is 4.77. The van der Waals surface area contributed by atoms with E-state index >= 15 is 0 Å². The zero-order chi connectivity index (χ0) is 24.4. The number of rotatable bonds is 12. The number of thioether (sulfide) groups is 1. The van der Waals surface area contributed by atoms with Gasteiger partial charge in [-0.1, -0.05) is 58.6 Å². The third kappa shape index (κ3) is 7.51. The maximum atomic E-state index is 12.3. The maximum absolute atomic E-state index is 12.3. The minimum atomic E-state index is -0.113. The molecule has 1 fully saturated rings. The summed E-state index contributed by atoms with van der Waals surface area (Å²) in [6.07, 6.45) is 9.36. The van der Waals surface area contributed by atoms with Crippen LogP contribution >= 0.6 is 11.8 Å². The Labute approximate surface area is 210 Å². The molecule has 1 saturated heterocycles. The SMILES string of the molecule is CCCCCCCC(=O)Oc1cccc(C2(C)CCN(CNc3ccc(SC)cc3)CC2C)c1. The Morgan fingerprint density at radius 1 is 1.15 bits per heavy atom. The topological polar surface area (TPSA) is 41.6 Å². The van der Waals surface area contributed by atoms with Crippen molar-refractivity contribution in [3.63, 3.8) is 0 Å². The summed E-state index contributed by atoms with van der Waals surface area (Å²) < 4.78 is 5.70. The first kappa shape index (κ1) is 26.6. The van der Waals surface area contributed by atoms with E-state index in [0.717, 1.165) is 39.0 Å². The number of hydrogen-bond donors (Lipinski definition) is 1. The first-order chi connectivity index (χ1) is 16.4. The molecule has 2 aromatic carbocycles. The molecule has 4 nitrogen and oxygen atoms in total. The van der Waals surface area contributed by atoms with Gasteiger partial charge in [0.1, 0.15) is 5.75 Å². The summed E-state index contributed by atoms with van der Waals surface area (Å²) in [4.78, 5) is 16.1. The van der Waals surface area contributed by atoms with Crippen LogP contribution in [-0.2, 0) is 10.2 Å². The Kier molecular flexibility index (Phi) is 10.3. The van der Waals surface area contributed by atoms with Crippen molar-refractivity contribution < 1.29 is 9.53 Å². The van der Waals surface area contributed by atoms with Crippen molar-refractivity contribution in [2.45, 2.75) is 76.0 Å². The van der Waals surface area contributed by atoms with E-state index in [0.29, 0.717) is 18.1 Å². The molecular formula is C29H42N2O2S. The molecule has 1 heterocycles. The van der Waals surface area contributed by atoms with Crippen molar-refractivity contribution >= 4 is 23.4 Å². The van der Waals surface area contributed by atoms with E-state index < -0.39 is 0 Å². The third-order valence-corrected chi connectivity index (χ3v) is 8.12. The van der Waals surface area contributed by atoms with Crippen LogP contribution in [0.5, 0.6) is 5.75 Å². The van der Waals surface area contributed by atoms with E-state index in [9.17, 15) is 4.79 Å². The highest BCUT2D eigenvalue weighted by molar-refractivity contribution is 7.98. The molecule has 3 rings (SSSR count). The summed E-state index contributed by atoms with van der Waals surface area (Å²) in [5.41, 5.74) is 2.51. The van der Waals surface area contributed by atoms with Gasteiger partial charge in [-0.05, 0) is 72.4 Å². The first-order valence-corrected chi connectivity index (χ1v) is 14.1. The average Bonchev–Trinajstić information content (AvgIpc) is 2.85. The number of unbranched alkanes of at least 4 members (excludes halogenated alkanes) is 4. The molecule has 1 aliphatic heterocycles. The number of benzene rings is 2. The summed E-state index contributed by atoms with van der Waals surface area (Å²) in [6.45, 7) is 9.84. The smallest absolute Gasteiger partial charge is 0.311 e. The lowest BCUT2D eigenvalue weighted by molar-refractivity contribution is -0.134. The molecule has 0 aromatic heterocycles. The number of carbonyl (C=O) groups is 1. The van der Waals surface area contributed by atoms with Crippen molar-refractivity contribution in [1.29, 1.82) is 0 Å². The Morgan fingerprint density at radius 3 is 2.62 bits per heavy atom. The lowest BCUT2D eigenvalue weighted by Gasteiger charge is -2.45. The Hall–Kier alpha value is -1.98. The van der Waals surface area contributed by atoms with Gasteiger partial charge >= 0.3 is 5.97 Å². The van der Waals surface area contributed by atoms with Crippen LogP contribution < -0.4 is 10.1 Å². The van der Waals surface area contributed by atoms with Crippen molar-refractivity contribution in [1.82, 2.24) is 4.90 Å². The van der Waals surface area contributed by atoms with Crippen molar-refractivity contribution in [2.75, 3.05) is 31.3 Å². The molecule has 186 valence electrons. The summed E-state index contributed by atoms with van der Waals surface area (Å²) in [7, 11) is 0. The number of nitrogens with one attached hydrogen (secondary N) is 1. The van der Waals surface area contributed by atoms with Gasteiger partial charge in [0.05, 0.1) is 6.67 Å². The third-order valence-electron chi connectivity index (χ3n) is 7.37. The lowest BCUT2D eigenvalue weighted by Crippen LogP contribution is -2.48. The Morgan fingerprint density at radius 2 is 1.91 bits per heavy atom. The Bertz CT molecular complexity index is 901. The number of hydrogen-bond acceptors (Lipinski definition) is 5. The van der Waals surface area contributed by atoms with Gasteiger partial charge in [0.25, 0.3) is 0 Å². The van der Waals surface area contributed by atoms with Crippen LogP contribution in [0.3, 0.4) is 0 Å². The number of anilines is 1. The van der Waals surface area contributed by atoms with Crippen LogP contribution in [0, 0.1) is 5.92 Å². The fourth-order valence-corrected chi connectivity index (χ4v) is 5.18.